The van der Waals surface area contributed by atoms with Crippen LogP contribution >= 0.6 is 11.3 Å². The van der Waals surface area contributed by atoms with Crippen LogP contribution < -0.4 is 19.6 Å². The molecule has 0 fully saturated rings. The van der Waals surface area contributed by atoms with Gasteiger partial charge in [0.2, 0.25) is 0 Å². The highest BCUT2D eigenvalue weighted by Crippen LogP contribution is 2.36. The summed E-state index contributed by atoms with van der Waals surface area (Å²) < 4.78 is 13.7. The lowest BCUT2D eigenvalue weighted by atomic mass is 9.94. The Morgan fingerprint density at radius 3 is 2.44 bits per heavy atom. The van der Waals surface area contributed by atoms with Crippen molar-refractivity contribution >= 4 is 29.1 Å². The first-order valence-electron chi connectivity index (χ1n) is 13.4. The van der Waals surface area contributed by atoms with Crippen molar-refractivity contribution in [2.75, 3.05) is 20.2 Å². The summed E-state index contributed by atoms with van der Waals surface area (Å²) in [5, 5.41) is 0. The van der Waals surface area contributed by atoms with E-state index in [1.54, 1.807) is 40.9 Å². The van der Waals surface area contributed by atoms with Gasteiger partial charge in [0.05, 0.1) is 22.9 Å². The third-order valence-electron chi connectivity index (χ3n) is 7.21. The number of fused-ring (bicyclic) bond motifs is 1. The molecule has 210 valence electrons. The molecular weight excluding hydrogens is 538 g/mol. The van der Waals surface area contributed by atoms with E-state index in [2.05, 4.69) is 0 Å². The van der Waals surface area contributed by atoms with Crippen LogP contribution in [0.4, 0.5) is 0 Å². The lowest BCUT2D eigenvalue weighted by Crippen LogP contribution is -2.43. The fourth-order valence-corrected chi connectivity index (χ4v) is 6.07. The highest BCUT2D eigenvalue weighted by atomic mass is 32.1. The van der Waals surface area contributed by atoms with E-state index in [4.69, 9.17) is 14.1 Å². The number of benzene rings is 2. The lowest BCUT2D eigenvalue weighted by Gasteiger charge is -2.29. The molecule has 0 unspecified atom stereocenters. The van der Waals surface area contributed by atoms with Gasteiger partial charge in [0.25, 0.3) is 11.5 Å². The summed E-state index contributed by atoms with van der Waals surface area (Å²) in [6.07, 6.45) is 1.70. The summed E-state index contributed by atoms with van der Waals surface area (Å²) in [6, 6.07) is 17.5. The van der Waals surface area contributed by atoms with Crippen molar-refractivity contribution in [2.45, 2.75) is 33.7 Å². The molecule has 3 heterocycles. The van der Waals surface area contributed by atoms with E-state index >= 15 is 0 Å². The van der Waals surface area contributed by atoms with Crippen molar-refractivity contribution < 1.29 is 18.7 Å². The molecule has 1 aliphatic heterocycles. The molecule has 1 atom stereocenters. The minimum atomic E-state index is -0.704. The Labute approximate surface area is 241 Å². The number of thiazole rings is 1. The first-order valence-corrected chi connectivity index (χ1v) is 14.2. The summed E-state index contributed by atoms with van der Waals surface area (Å²) in [7, 11) is 1.58. The maximum Gasteiger partial charge on any atom is 0.271 e. The number of hydrogen-bond acceptors (Lipinski definition) is 7. The number of rotatable bonds is 8. The van der Waals surface area contributed by atoms with Crippen molar-refractivity contribution in [3.8, 4) is 17.1 Å². The maximum atomic E-state index is 14.0. The van der Waals surface area contributed by atoms with E-state index in [0.717, 1.165) is 5.56 Å². The molecule has 0 N–H and O–H groups in total. The molecule has 5 rings (SSSR count). The van der Waals surface area contributed by atoms with Gasteiger partial charge in [-0.3, -0.25) is 19.0 Å². The number of hydrogen-bond donors (Lipinski definition) is 0. The van der Waals surface area contributed by atoms with Crippen LogP contribution in [0.3, 0.4) is 0 Å². The van der Waals surface area contributed by atoms with Crippen molar-refractivity contribution in [2.24, 2.45) is 4.99 Å². The minimum Gasteiger partial charge on any atom is -0.496 e. The predicted molar refractivity (Wildman–Crippen MR) is 159 cm³/mol. The fraction of sp³-hybridized carbons (Fsp3) is 0.250. The largest absolute Gasteiger partial charge is 0.496 e. The SMILES string of the molecule is CCN(CC)C(=O)C1=C(C)N=c2s/c(=C/c3ccc(-c4ccc(C(C)=O)cc4)o3)c(=O)n2[C@@H]1c1ccccc1OC. The topological polar surface area (TPSA) is 94.1 Å². The number of methoxy groups -OCH3 is 1. The second-order valence-corrected chi connectivity index (χ2v) is 10.6. The Kier molecular flexibility index (Phi) is 7.90. The van der Waals surface area contributed by atoms with Crippen molar-refractivity contribution in [1.29, 1.82) is 0 Å². The molecule has 0 saturated heterocycles. The zero-order valence-electron chi connectivity index (χ0n) is 23.6. The van der Waals surface area contributed by atoms with Gasteiger partial charge in [0, 0.05) is 35.9 Å². The molecule has 0 radical (unpaired) electrons. The van der Waals surface area contributed by atoms with Crippen LogP contribution in [0.5, 0.6) is 5.75 Å². The molecule has 1 amide bonds. The monoisotopic (exact) mass is 569 g/mol. The molecule has 8 nitrogen and oxygen atoms in total. The molecule has 2 aromatic heterocycles. The molecule has 0 bridgehead atoms. The van der Waals surface area contributed by atoms with Crippen LogP contribution in [0.15, 0.2) is 86.1 Å². The Morgan fingerprint density at radius 1 is 1.07 bits per heavy atom. The Hall–Kier alpha value is -4.50. The van der Waals surface area contributed by atoms with Gasteiger partial charge in [0.15, 0.2) is 10.6 Å². The molecule has 1 aliphatic rings. The molecular formula is C32H31N3O5S. The molecule has 41 heavy (non-hydrogen) atoms. The number of nitrogens with zero attached hydrogens (tertiary/aromatic N) is 3. The Bertz CT molecular complexity index is 1840. The standard InChI is InChI=1S/C32H31N3O5S/c1-6-34(7-2)31(38)28-19(3)33-32-35(29(28)24-10-8-9-11-26(24)39-5)30(37)27(41-32)18-23-16-17-25(40-23)22-14-12-21(13-15-22)20(4)36/h8-18,29H,6-7H2,1-5H3/b27-18+/t29-/m1/s1. The van der Waals surface area contributed by atoms with Crippen LogP contribution in [-0.4, -0.2) is 41.4 Å². The smallest absolute Gasteiger partial charge is 0.271 e. The van der Waals surface area contributed by atoms with Crippen LogP contribution in [-0.2, 0) is 4.79 Å². The van der Waals surface area contributed by atoms with Gasteiger partial charge in [0.1, 0.15) is 23.3 Å². The molecule has 9 heteroatoms. The second-order valence-electron chi connectivity index (χ2n) is 9.64. The summed E-state index contributed by atoms with van der Waals surface area (Å²) in [5.74, 6) is 1.54. The third-order valence-corrected chi connectivity index (χ3v) is 8.20. The number of ketones is 1. The normalized spacial score (nSPS) is 15.0. The van der Waals surface area contributed by atoms with Gasteiger partial charge in [-0.2, -0.15) is 0 Å². The summed E-state index contributed by atoms with van der Waals surface area (Å²) in [6.45, 7) is 8.27. The van der Waals surface area contributed by atoms with Crippen molar-refractivity contribution in [3.63, 3.8) is 0 Å². The van der Waals surface area contributed by atoms with E-state index < -0.39 is 6.04 Å². The van der Waals surface area contributed by atoms with Gasteiger partial charge in [-0.25, -0.2) is 4.99 Å². The second kappa shape index (κ2) is 11.5. The average Bonchev–Trinajstić information content (AvgIpc) is 3.57. The first-order chi connectivity index (χ1) is 19.8. The van der Waals surface area contributed by atoms with Gasteiger partial charge in [-0.1, -0.05) is 53.8 Å². The van der Waals surface area contributed by atoms with Crippen LogP contribution in [0, 0.1) is 0 Å². The first kappa shape index (κ1) is 28.0. The predicted octanol–water partition coefficient (Wildman–Crippen LogP) is 4.57. The van der Waals surface area contributed by atoms with Gasteiger partial charge >= 0.3 is 0 Å². The summed E-state index contributed by atoms with van der Waals surface area (Å²) in [5.41, 5.74) is 2.90. The number of amides is 1. The number of carbonyl (C=O) groups is 2. The Balaban J connectivity index is 1.63. The van der Waals surface area contributed by atoms with E-state index in [1.807, 2.05) is 63.2 Å². The van der Waals surface area contributed by atoms with Gasteiger partial charge < -0.3 is 14.1 Å². The third kappa shape index (κ3) is 5.20. The average molecular weight is 570 g/mol. The number of likely N-dealkylation sites (N-methyl/N-ethyl adjacent to an activating group) is 1. The zero-order chi connectivity index (χ0) is 29.3. The summed E-state index contributed by atoms with van der Waals surface area (Å²) >= 11 is 1.25. The highest BCUT2D eigenvalue weighted by Gasteiger charge is 2.35. The number of furan rings is 1. The van der Waals surface area contributed by atoms with Crippen molar-refractivity contribution in [3.05, 3.63) is 109 Å². The van der Waals surface area contributed by atoms with Crippen LogP contribution in [0.2, 0.25) is 0 Å². The molecule has 2 aromatic carbocycles. The fourth-order valence-electron chi connectivity index (χ4n) is 5.05. The highest BCUT2D eigenvalue weighted by molar-refractivity contribution is 7.07. The van der Waals surface area contributed by atoms with Crippen molar-refractivity contribution in [1.82, 2.24) is 9.47 Å². The number of ether oxygens (including phenoxy) is 1. The van der Waals surface area contributed by atoms with Crippen LogP contribution in [0.1, 0.15) is 55.4 Å². The Morgan fingerprint density at radius 2 is 1.78 bits per heavy atom. The quantitative estimate of drug-likeness (QED) is 0.290. The van der Waals surface area contributed by atoms with E-state index in [-0.39, 0.29) is 17.2 Å². The number of aromatic nitrogens is 1. The minimum absolute atomic E-state index is 0.00400. The van der Waals surface area contributed by atoms with Gasteiger partial charge in [-0.15, -0.1) is 0 Å². The van der Waals surface area contributed by atoms with Crippen LogP contribution in [0.25, 0.3) is 17.4 Å². The molecule has 4 aromatic rings. The van der Waals surface area contributed by atoms with E-state index in [1.165, 1.54) is 18.3 Å². The summed E-state index contributed by atoms with van der Waals surface area (Å²) in [4.78, 5) is 46.3. The maximum absolute atomic E-state index is 14.0. The molecule has 0 saturated carbocycles. The number of para-hydroxylation sites is 1. The number of carbonyl (C=O) groups excluding carboxylic acids is 2. The molecule has 0 aliphatic carbocycles. The number of allylic oxidation sites excluding steroid dienone is 1. The zero-order valence-corrected chi connectivity index (χ0v) is 24.5. The van der Waals surface area contributed by atoms with Gasteiger partial charge in [-0.05, 0) is 45.9 Å². The van der Waals surface area contributed by atoms with E-state index in [0.29, 0.717) is 62.1 Å². The lowest BCUT2D eigenvalue weighted by molar-refractivity contribution is -0.127. The molecule has 0 spiro atoms. The number of Topliss-reactive ketones (excluding diaryl/α,β-unsaturated/α-hetero) is 1. The van der Waals surface area contributed by atoms with E-state index in [9.17, 15) is 14.4 Å².